The van der Waals surface area contributed by atoms with Crippen LogP contribution < -0.4 is 34.7 Å². The van der Waals surface area contributed by atoms with Gasteiger partial charge in [0.2, 0.25) is 0 Å². The minimum atomic E-state index is -1.37. The van der Waals surface area contributed by atoms with Gasteiger partial charge in [-0.3, -0.25) is 0 Å². The van der Waals surface area contributed by atoms with Crippen LogP contribution in [0.1, 0.15) is 54.1 Å². The molecule has 6 nitrogen and oxygen atoms in total. The summed E-state index contributed by atoms with van der Waals surface area (Å²) in [4.78, 5) is 10.8. The zero-order chi connectivity index (χ0) is 28.1. The third-order valence-corrected chi connectivity index (χ3v) is 7.43. The molecule has 0 saturated carbocycles. The molecule has 0 amide bonds. The van der Waals surface area contributed by atoms with Gasteiger partial charge in [-0.25, -0.2) is 9.07 Å². The van der Waals surface area contributed by atoms with Crippen molar-refractivity contribution in [1.29, 1.82) is 0 Å². The zero-order valence-electron chi connectivity index (χ0n) is 23.1. The maximum atomic E-state index is 13.7. The van der Waals surface area contributed by atoms with Crippen LogP contribution >= 0.6 is 0 Å². The first-order valence-electron chi connectivity index (χ1n) is 13.6. The van der Waals surface area contributed by atoms with Crippen LogP contribution in [0.5, 0.6) is 0 Å². The largest absolute Gasteiger partial charge is 1.00 e. The van der Waals surface area contributed by atoms with Crippen molar-refractivity contribution in [1.82, 2.24) is 9.78 Å². The topological polar surface area (TPSA) is 98.4 Å². The van der Waals surface area contributed by atoms with Crippen LogP contribution in [0.4, 0.5) is 4.39 Å². The Kier molecular flexibility index (Phi) is 10.7. The Balaban J connectivity index is 0.00000387. The normalized spacial score (nSPS) is 16.1. The van der Waals surface area contributed by atoms with Gasteiger partial charge in [0, 0.05) is 30.3 Å². The number of carboxylic acids is 1. The van der Waals surface area contributed by atoms with Crippen molar-refractivity contribution in [3.05, 3.63) is 113 Å². The molecule has 1 heterocycles. The minimum Gasteiger partial charge on any atom is -0.550 e. The second-order valence-electron chi connectivity index (χ2n) is 10.4. The van der Waals surface area contributed by atoms with E-state index < -0.39 is 24.6 Å². The number of carbonyl (C=O) groups is 1. The number of carboxylic acid groups (broad SMARTS) is 1. The van der Waals surface area contributed by atoms with E-state index in [4.69, 9.17) is 5.10 Å². The van der Waals surface area contributed by atoms with Gasteiger partial charge in [-0.2, -0.15) is 5.10 Å². The van der Waals surface area contributed by atoms with E-state index in [9.17, 15) is 24.5 Å². The van der Waals surface area contributed by atoms with Crippen molar-refractivity contribution in [2.24, 2.45) is 0 Å². The van der Waals surface area contributed by atoms with Crippen LogP contribution in [0.15, 0.2) is 84.9 Å². The third-order valence-electron chi connectivity index (χ3n) is 7.43. The Labute approximate surface area is 261 Å². The summed E-state index contributed by atoms with van der Waals surface area (Å²) in [5.74, 6) is -1.50. The smallest absolute Gasteiger partial charge is 0.550 e. The molecule has 1 aliphatic rings. The number of aliphatic hydroxyl groups excluding tert-OH is 2. The van der Waals surface area contributed by atoms with E-state index in [1.54, 1.807) is 29.0 Å². The fraction of sp³-hybridized carbons (Fsp3) is 0.273. The second kappa shape index (κ2) is 14.2. The number of hydrogen-bond acceptors (Lipinski definition) is 5. The van der Waals surface area contributed by atoms with Crippen LogP contribution in [0.3, 0.4) is 0 Å². The van der Waals surface area contributed by atoms with Crippen LogP contribution in [0, 0.1) is 5.82 Å². The van der Waals surface area contributed by atoms with Crippen molar-refractivity contribution in [3.63, 3.8) is 0 Å². The fourth-order valence-electron chi connectivity index (χ4n) is 5.46. The standard InChI is InChI=1S/C33H33FN2O4.Na/c34-26-13-15-27(16-14-26)36-31(18-17-28(37)20-29(38)21-32(39)40)30-8-4-7-25(33(30)35-36)19-22-9-11-24(12-10-22)23-5-2-1-3-6-23;/h1-3,5-6,9-18,25,28-29,37-38H,4,7-8,19-21H2,(H,39,40);/q;+1/p-1/b18-17+;. The van der Waals surface area contributed by atoms with Gasteiger partial charge in [0.15, 0.2) is 0 Å². The monoisotopic (exact) mass is 562 g/mol. The molecular formula is C33H32FN2NaO4. The summed E-state index contributed by atoms with van der Waals surface area (Å²) in [6.45, 7) is 0. The Hall–Kier alpha value is -3.07. The predicted octanol–water partition coefficient (Wildman–Crippen LogP) is 1.61. The summed E-state index contributed by atoms with van der Waals surface area (Å²) in [5.41, 5.74) is 7.15. The quantitative estimate of drug-likeness (QED) is 0.286. The van der Waals surface area contributed by atoms with E-state index in [0.717, 1.165) is 42.6 Å². The number of carbonyl (C=O) groups excluding carboxylic acids is 1. The van der Waals surface area contributed by atoms with Crippen molar-refractivity contribution in [2.75, 3.05) is 0 Å². The second-order valence-corrected chi connectivity index (χ2v) is 10.4. The molecule has 5 rings (SSSR count). The van der Waals surface area contributed by atoms with Crippen molar-refractivity contribution < 1.29 is 54.1 Å². The molecule has 8 heteroatoms. The first-order valence-corrected chi connectivity index (χ1v) is 13.6. The van der Waals surface area contributed by atoms with E-state index in [1.165, 1.54) is 28.8 Å². The average Bonchev–Trinajstić information content (AvgIpc) is 3.32. The Morgan fingerprint density at radius 2 is 1.71 bits per heavy atom. The number of aliphatic carboxylic acids is 1. The Morgan fingerprint density at radius 1 is 1.02 bits per heavy atom. The van der Waals surface area contributed by atoms with Gasteiger partial charge in [-0.1, -0.05) is 60.7 Å². The van der Waals surface area contributed by atoms with E-state index in [0.29, 0.717) is 5.69 Å². The molecule has 0 spiro atoms. The molecule has 0 radical (unpaired) electrons. The Bertz CT molecular complexity index is 1470. The molecule has 4 aromatic rings. The molecule has 0 aliphatic heterocycles. The summed E-state index contributed by atoms with van der Waals surface area (Å²) in [6, 6.07) is 25.0. The molecule has 2 N–H and O–H groups in total. The predicted molar refractivity (Wildman–Crippen MR) is 150 cm³/mol. The Morgan fingerprint density at radius 3 is 2.39 bits per heavy atom. The summed E-state index contributed by atoms with van der Waals surface area (Å²) in [6.07, 6.45) is 4.03. The number of nitrogens with zero attached hydrogens (tertiary/aromatic N) is 2. The van der Waals surface area contributed by atoms with Gasteiger partial charge in [-0.15, -0.1) is 0 Å². The van der Waals surface area contributed by atoms with E-state index >= 15 is 0 Å². The van der Waals surface area contributed by atoms with Crippen LogP contribution in [0.2, 0.25) is 0 Å². The summed E-state index contributed by atoms with van der Waals surface area (Å²) in [7, 11) is 0. The number of benzene rings is 3. The van der Waals surface area contributed by atoms with Crippen LogP contribution in [-0.2, 0) is 17.6 Å². The van der Waals surface area contributed by atoms with E-state index in [-0.39, 0.29) is 47.7 Å². The molecule has 206 valence electrons. The SMILES string of the molecule is O=C([O-])CC(O)CC(O)/C=C/c1c2c(nn1-c1ccc(F)cc1)C(Cc1ccc(-c3ccccc3)cc1)CCC2.[Na+]. The number of hydrogen-bond donors (Lipinski definition) is 2. The first kappa shape index (κ1) is 30.9. The van der Waals surface area contributed by atoms with Gasteiger partial charge < -0.3 is 20.1 Å². The molecule has 3 aromatic carbocycles. The molecule has 0 bridgehead atoms. The number of rotatable bonds is 10. The fourth-order valence-corrected chi connectivity index (χ4v) is 5.46. The molecular weight excluding hydrogens is 530 g/mol. The number of aliphatic hydroxyl groups is 2. The minimum absolute atomic E-state index is 0. The van der Waals surface area contributed by atoms with Gasteiger partial charge in [0.1, 0.15) is 5.82 Å². The summed E-state index contributed by atoms with van der Waals surface area (Å²) >= 11 is 0. The van der Waals surface area contributed by atoms with Crippen molar-refractivity contribution in [2.45, 2.75) is 56.7 Å². The molecule has 1 aliphatic carbocycles. The maximum absolute atomic E-state index is 13.7. The molecule has 3 atom stereocenters. The third kappa shape index (κ3) is 7.82. The van der Waals surface area contributed by atoms with Gasteiger partial charge >= 0.3 is 29.6 Å². The number of aromatic nitrogens is 2. The van der Waals surface area contributed by atoms with Gasteiger partial charge in [-0.05, 0) is 72.7 Å². The molecule has 41 heavy (non-hydrogen) atoms. The first-order chi connectivity index (χ1) is 19.4. The van der Waals surface area contributed by atoms with Gasteiger partial charge in [0.05, 0.1) is 29.3 Å². The number of fused-ring (bicyclic) bond motifs is 1. The molecule has 0 saturated heterocycles. The average molecular weight is 563 g/mol. The number of halogens is 1. The van der Waals surface area contributed by atoms with Crippen molar-refractivity contribution in [3.8, 4) is 16.8 Å². The molecule has 0 fully saturated rings. The maximum Gasteiger partial charge on any atom is 1.00 e. The zero-order valence-corrected chi connectivity index (χ0v) is 25.1. The van der Waals surface area contributed by atoms with E-state index in [1.807, 2.05) is 18.2 Å². The summed E-state index contributed by atoms with van der Waals surface area (Å²) in [5, 5.41) is 36.1. The summed E-state index contributed by atoms with van der Waals surface area (Å²) < 4.78 is 15.5. The van der Waals surface area contributed by atoms with E-state index in [2.05, 4.69) is 36.4 Å². The van der Waals surface area contributed by atoms with Crippen LogP contribution in [0.25, 0.3) is 22.9 Å². The van der Waals surface area contributed by atoms with Crippen molar-refractivity contribution >= 4 is 12.0 Å². The molecule has 3 unspecified atom stereocenters. The van der Waals surface area contributed by atoms with Gasteiger partial charge in [0.25, 0.3) is 0 Å². The van der Waals surface area contributed by atoms with Crippen LogP contribution in [-0.4, -0.2) is 38.2 Å². The molecule has 1 aromatic heterocycles.